The highest BCUT2D eigenvalue weighted by Crippen LogP contribution is 2.17. The quantitative estimate of drug-likeness (QED) is 0.266. The Morgan fingerprint density at radius 2 is 1.22 bits per heavy atom. The molecule has 0 fully saturated rings. The van der Waals surface area contributed by atoms with Crippen LogP contribution in [-0.2, 0) is 0 Å². The number of hydrogen-bond donors (Lipinski definition) is 0. The third-order valence-corrected chi connectivity index (χ3v) is 3.99. The van der Waals surface area contributed by atoms with E-state index in [0.717, 1.165) is 12.8 Å². The van der Waals surface area contributed by atoms with Gasteiger partial charge < -0.3 is 9.85 Å². The molecule has 110 valence electrons. The minimum absolute atomic E-state index is 0.118. The molecular weight excluding hydrogens is 222 g/mol. The zero-order valence-electron chi connectivity index (χ0n) is 13.2. The molecule has 0 aliphatic heterocycles. The molecule has 0 saturated carbocycles. The molecule has 18 heavy (non-hydrogen) atoms. The number of quaternary nitrogens is 1. The normalized spacial score (nSPS) is 13.8. The second-order valence-electron chi connectivity index (χ2n) is 6.11. The number of nitrogens with zero attached hydrogens (tertiary/aromatic N) is 1. The lowest BCUT2D eigenvalue weighted by atomic mass is 10.0. The number of rotatable bonds is 12. The average molecular weight is 257 g/mol. The fraction of sp³-hybridized carbons (Fsp3) is 1.00. The second kappa shape index (κ2) is 10.8. The van der Waals surface area contributed by atoms with Crippen LogP contribution in [0.5, 0.6) is 0 Å². The van der Waals surface area contributed by atoms with Crippen molar-refractivity contribution in [2.45, 2.75) is 90.5 Å². The molecule has 1 atom stereocenters. The van der Waals surface area contributed by atoms with E-state index in [-0.39, 0.29) is 4.65 Å². The van der Waals surface area contributed by atoms with Crippen molar-refractivity contribution in [3.63, 3.8) is 0 Å². The summed E-state index contributed by atoms with van der Waals surface area (Å²) in [6, 6.07) is 0.301. The Kier molecular flexibility index (Phi) is 10.8. The van der Waals surface area contributed by atoms with E-state index in [2.05, 4.69) is 13.8 Å². The van der Waals surface area contributed by atoms with Gasteiger partial charge in [0.2, 0.25) is 0 Å². The van der Waals surface area contributed by atoms with Crippen LogP contribution in [0.1, 0.15) is 84.5 Å². The molecule has 1 unspecified atom stereocenters. The van der Waals surface area contributed by atoms with Crippen molar-refractivity contribution in [3.05, 3.63) is 5.21 Å². The van der Waals surface area contributed by atoms with Gasteiger partial charge in [-0.1, -0.05) is 65.2 Å². The summed E-state index contributed by atoms with van der Waals surface area (Å²) in [5.41, 5.74) is 0. The standard InChI is InChI=1S/C16H35NO/c1-5-7-8-9-10-11-12-13-14-15-16(6-2)17(3,4)18/h16H,5-15H2,1-4H3. The van der Waals surface area contributed by atoms with Crippen LogP contribution in [0.2, 0.25) is 0 Å². The molecule has 0 radical (unpaired) electrons. The van der Waals surface area contributed by atoms with Crippen molar-refractivity contribution in [1.29, 1.82) is 0 Å². The van der Waals surface area contributed by atoms with Gasteiger partial charge in [0.25, 0.3) is 0 Å². The monoisotopic (exact) mass is 257 g/mol. The van der Waals surface area contributed by atoms with Gasteiger partial charge in [0.15, 0.2) is 0 Å². The van der Waals surface area contributed by atoms with E-state index in [9.17, 15) is 5.21 Å². The Balaban J connectivity index is 3.34. The summed E-state index contributed by atoms with van der Waals surface area (Å²) in [7, 11) is 3.56. The highest BCUT2D eigenvalue weighted by atomic mass is 16.5. The molecule has 0 amide bonds. The van der Waals surface area contributed by atoms with Gasteiger partial charge in [0.1, 0.15) is 0 Å². The van der Waals surface area contributed by atoms with Crippen molar-refractivity contribution >= 4 is 0 Å². The van der Waals surface area contributed by atoms with Crippen LogP contribution in [0.15, 0.2) is 0 Å². The minimum atomic E-state index is -0.118. The predicted molar refractivity (Wildman–Crippen MR) is 81.4 cm³/mol. The zero-order chi connectivity index (χ0) is 13.9. The van der Waals surface area contributed by atoms with Crippen LogP contribution in [0.3, 0.4) is 0 Å². The Hall–Kier alpha value is -0.0800. The summed E-state index contributed by atoms with van der Waals surface area (Å²) in [6.07, 6.45) is 14.4. The van der Waals surface area contributed by atoms with Crippen LogP contribution in [0.25, 0.3) is 0 Å². The van der Waals surface area contributed by atoms with Crippen LogP contribution in [0, 0.1) is 5.21 Å². The van der Waals surface area contributed by atoms with Gasteiger partial charge in [-0.15, -0.1) is 0 Å². The van der Waals surface area contributed by atoms with E-state index in [1.165, 1.54) is 57.8 Å². The first-order valence-corrected chi connectivity index (χ1v) is 8.07. The second-order valence-corrected chi connectivity index (χ2v) is 6.11. The average Bonchev–Trinajstić information content (AvgIpc) is 2.30. The molecule has 0 bridgehead atoms. The van der Waals surface area contributed by atoms with Gasteiger partial charge in [-0.05, 0) is 19.3 Å². The topological polar surface area (TPSA) is 23.1 Å². The van der Waals surface area contributed by atoms with E-state index in [0.29, 0.717) is 6.04 Å². The van der Waals surface area contributed by atoms with E-state index in [1.807, 2.05) is 0 Å². The molecule has 0 rings (SSSR count). The molecule has 0 aliphatic rings. The molecule has 0 aromatic carbocycles. The summed E-state index contributed by atoms with van der Waals surface area (Å²) < 4.78 is -0.118. The predicted octanol–water partition coefficient (Wildman–Crippen LogP) is 5.26. The van der Waals surface area contributed by atoms with Crippen molar-refractivity contribution < 1.29 is 4.65 Å². The largest absolute Gasteiger partial charge is 0.633 e. The van der Waals surface area contributed by atoms with Gasteiger partial charge in [-0.2, -0.15) is 0 Å². The third kappa shape index (κ3) is 9.90. The SMILES string of the molecule is CCCCCCCCCCCC(CC)[N+](C)(C)[O-]. The van der Waals surface area contributed by atoms with Gasteiger partial charge in [0, 0.05) is 0 Å². The molecule has 0 N–H and O–H groups in total. The Labute approximate surface area is 115 Å². The highest BCUT2D eigenvalue weighted by molar-refractivity contribution is 4.57. The lowest BCUT2D eigenvalue weighted by Gasteiger charge is -2.41. The first-order valence-electron chi connectivity index (χ1n) is 8.07. The molecule has 2 nitrogen and oxygen atoms in total. The smallest absolute Gasteiger partial charge is 0.0880 e. The molecule has 0 spiro atoms. The zero-order valence-corrected chi connectivity index (χ0v) is 13.2. The molecule has 0 aromatic heterocycles. The van der Waals surface area contributed by atoms with Crippen LogP contribution < -0.4 is 0 Å². The molecule has 0 heterocycles. The summed E-state index contributed by atoms with van der Waals surface area (Å²) in [6.45, 7) is 4.40. The van der Waals surface area contributed by atoms with E-state index in [4.69, 9.17) is 0 Å². The Morgan fingerprint density at radius 1 is 0.778 bits per heavy atom. The molecular formula is C16H35NO. The highest BCUT2D eigenvalue weighted by Gasteiger charge is 2.16. The van der Waals surface area contributed by atoms with Gasteiger partial charge >= 0.3 is 0 Å². The van der Waals surface area contributed by atoms with Gasteiger partial charge in [0.05, 0.1) is 20.1 Å². The summed E-state index contributed by atoms with van der Waals surface area (Å²) in [5, 5.41) is 11.8. The first kappa shape index (κ1) is 17.9. The van der Waals surface area contributed by atoms with Crippen molar-refractivity contribution in [3.8, 4) is 0 Å². The number of hydroxylamine groups is 3. The van der Waals surface area contributed by atoms with Crippen molar-refractivity contribution in [2.24, 2.45) is 0 Å². The molecule has 0 saturated heterocycles. The van der Waals surface area contributed by atoms with Crippen LogP contribution in [-0.4, -0.2) is 24.8 Å². The summed E-state index contributed by atoms with van der Waals surface area (Å²) >= 11 is 0. The van der Waals surface area contributed by atoms with Gasteiger partial charge in [-0.25, -0.2) is 0 Å². The Bertz CT molecular complexity index is 174. The van der Waals surface area contributed by atoms with Crippen LogP contribution >= 0.6 is 0 Å². The number of unbranched alkanes of at least 4 members (excludes halogenated alkanes) is 8. The maximum atomic E-state index is 11.8. The molecule has 2 heteroatoms. The van der Waals surface area contributed by atoms with Gasteiger partial charge in [-0.3, -0.25) is 0 Å². The van der Waals surface area contributed by atoms with E-state index < -0.39 is 0 Å². The fourth-order valence-electron chi connectivity index (χ4n) is 2.65. The summed E-state index contributed by atoms with van der Waals surface area (Å²) in [4.78, 5) is 0. The lowest BCUT2D eigenvalue weighted by molar-refractivity contribution is -0.867. The van der Waals surface area contributed by atoms with Crippen molar-refractivity contribution in [1.82, 2.24) is 0 Å². The lowest BCUT2D eigenvalue weighted by Crippen LogP contribution is -2.42. The fourth-order valence-corrected chi connectivity index (χ4v) is 2.65. The maximum absolute atomic E-state index is 11.8. The number of hydrogen-bond acceptors (Lipinski definition) is 1. The van der Waals surface area contributed by atoms with E-state index in [1.54, 1.807) is 14.1 Å². The third-order valence-electron chi connectivity index (χ3n) is 3.99. The Morgan fingerprint density at radius 3 is 1.61 bits per heavy atom. The molecule has 0 aliphatic carbocycles. The van der Waals surface area contributed by atoms with Crippen LogP contribution in [0.4, 0.5) is 0 Å². The van der Waals surface area contributed by atoms with E-state index >= 15 is 0 Å². The first-order chi connectivity index (χ1) is 8.52. The minimum Gasteiger partial charge on any atom is -0.633 e. The van der Waals surface area contributed by atoms with Crippen molar-refractivity contribution in [2.75, 3.05) is 14.1 Å². The maximum Gasteiger partial charge on any atom is 0.0880 e. The molecule has 0 aromatic rings. The summed E-state index contributed by atoms with van der Waals surface area (Å²) in [5.74, 6) is 0.